The van der Waals surface area contributed by atoms with Gasteiger partial charge < -0.3 is 15.0 Å². The molecule has 0 aliphatic carbocycles. The van der Waals surface area contributed by atoms with Gasteiger partial charge in [0.15, 0.2) is 6.73 Å². The predicted octanol–water partition coefficient (Wildman–Crippen LogP) is 4.24. The van der Waals surface area contributed by atoms with Gasteiger partial charge in [-0.2, -0.15) is 9.29 Å². The highest BCUT2D eigenvalue weighted by molar-refractivity contribution is 7.89. The largest absolute Gasteiger partial charge is 0.455 e. The first kappa shape index (κ1) is 26.6. The molecule has 10 nitrogen and oxygen atoms in total. The summed E-state index contributed by atoms with van der Waals surface area (Å²) in [6, 6.07) is 11.8. The molecule has 2 aromatic carbocycles. The van der Waals surface area contributed by atoms with E-state index in [-0.39, 0.29) is 29.0 Å². The Balaban J connectivity index is 1.28. The molecule has 13 heteroatoms. The summed E-state index contributed by atoms with van der Waals surface area (Å²) in [6.07, 6.45) is 2.96. The van der Waals surface area contributed by atoms with E-state index in [2.05, 4.69) is 20.2 Å². The third-order valence-corrected chi connectivity index (χ3v) is 9.19. The molecule has 0 saturated carbocycles. The highest BCUT2D eigenvalue weighted by Gasteiger charge is 2.32. The smallest absolute Gasteiger partial charge is 0.268 e. The molecule has 1 aromatic heterocycles. The number of halogens is 2. The number of rotatable bonds is 6. The van der Waals surface area contributed by atoms with Gasteiger partial charge in [-0.1, -0.05) is 29.3 Å². The number of piperidine rings is 1. The maximum atomic E-state index is 13.1. The van der Waals surface area contributed by atoms with E-state index in [1.165, 1.54) is 15.4 Å². The van der Waals surface area contributed by atoms with Crippen LogP contribution in [-0.2, 0) is 10.0 Å². The number of nitrogens with one attached hydrogen (secondary N) is 1. The van der Waals surface area contributed by atoms with Crippen LogP contribution in [0.3, 0.4) is 0 Å². The zero-order valence-corrected chi connectivity index (χ0v) is 23.1. The highest BCUT2D eigenvalue weighted by Crippen LogP contribution is 2.37. The van der Waals surface area contributed by atoms with Gasteiger partial charge in [0.2, 0.25) is 21.9 Å². The van der Waals surface area contributed by atoms with Crippen LogP contribution in [0, 0.1) is 0 Å². The minimum atomic E-state index is -3.58. The Morgan fingerprint density at radius 3 is 2.34 bits per heavy atom. The van der Waals surface area contributed by atoms with E-state index < -0.39 is 15.9 Å². The molecule has 200 valence electrons. The van der Waals surface area contributed by atoms with Crippen LogP contribution in [0.1, 0.15) is 23.2 Å². The van der Waals surface area contributed by atoms with Gasteiger partial charge in [-0.3, -0.25) is 9.69 Å². The molecule has 1 N–H and O–H groups in total. The molecule has 3 heterocycles. The molecule has 2 aliphatic rings. The first-order chi connectivity index (χ1) is 18.1. The number of hydrogen-bond acceptors (Lipinski definition) is 8. The van der Waals surface area contributed by atoms with E-state index in [0.29, 0.717) is 40.6 Å². The molecule has 3 aromatic rings. The lowest BCUT2D eigenvalue weighted by atomic mass is 10.1. The van der Waals surface area contributed by atoms with Gasteiger partial charge in [0.05, 0.1) is 20.6 Å². The van der Waals surface area contributed by atoms with Crippen LogP contribution in [0.4, 0.5) is 17.3 Å². The molecule has 0 spiro atoms. The summed E-state index contributed by atoms with van der Waals surface area (Å²) in [7, 11) is 0.454. The van der Waals surface area contributed by atoms with E-state index in [0.717, 1.165) is 12.8 Å². The molecule has 1 fully saturated rings. The summed E-state index contributed by atoms with van der Waals surface area (Å²) in [5.74, 6) is -0.0774. The molecule has 5 rings (SSSR count). The first-order valence-corrected chi connectivity index (χ1v) is 14.1. The molecular weight excluding hydrogens is 551 g/mol. The molecule has 0 atom stereocenters. The number of amides is 1. The summed E-state index contributed by atoms with van der Waals surface area (Å²) in [5, 5.41) is 3.66. The van der Waals surface area contributed by atoms with Gasteiger partial charge in [0.25, 0.3) is 5.91 Å². The van der Waals surface area contributed by atoms with Crippen molar-refractivity contribution in [2.45, 2.75) is 23.8 Å². The van der Waals surface area contributed by atoms with E-state index in [4.69, 9.17) is 27.9 Å². The van der Waals surface area contributed by atoms with Crippen molar-refractivity contribution in [3.63, 3.8) is 0 Å². The normalized spacial score (nSPS) is 16.9. The Bertz CT molecular complexity index is 1440. The van der Waals surface area contributed by atoms with Crippen LogP contribution in [0.2, 0.25) is 10.0 Å². The van der Waals surface area contributed by atoms with Crippen molar-refractivity contribution in [2.24, 2.45) is 0 Å². The zero-order chi connectivity index (χ0) is 27.0. The molecule has 38 heavy (non-hydrogen) atoms. The lowest BCUT2D eigenvalue weighted by molar-refractivity contribution is 0.0932. The quantitative estimate of drug-likeness (QED) is 0.464. The maximum Gasteiger partial charge on any atom is 0.268 e. The number of fused-ring (bicyclic) bond motifs is 1. The standard InChI is InChI=1S/C25H26Cl2N6O4S/c1-31(2)17-10-12-32(13-11-17)38(35,36)18-8-6-16(7-9-18)29-25-28-14-19-23(30-25)37-15-33(24(19)34)22-20(26)4-3-5-21(22)27/h3-9,14,17H,10-13,15H2,1-2H3,(H,28,29,30). The number of hydrogen-bond donors (Lipinski definition) is 1. The Kier molecular flexibility index (Phi) is 7.47. The first-order valence-electron chi connectivity index (χ1n) is 11.9. The molecule has 1 amide bonds. The van der Waals surface area contributed by atoms with Crippen LogP contribution >= 0.6 is 23.2 Å². The minimum absolute atomic E-state index is 0.118. The Hall–Kier alpha value is -2.96. The second-order valence-electron chi connectivity index (χ2n) is 9.24. The lowest BCUT2D eigenvalue weighted by Crippen LogP contribution is -2.44. The van der Waals surface area contributed by atoms with Crippen molar-refractivity contribution in [1.82, 2.24) is 19.2 Å². The van der Waals surface area contributed by atoms with Gasteiger partial charge in [-0.15, -0.1) is 0 Å². The average Bonchev–Trinajstić information content (AvgIpc) is 2.90. The molecule has 2 aliphatic heterocycles. The fourth-order valence-corrected chi connectivity index (χ4v) is 6.58. The van der Waals surface area contributed by atoms with Crippen molar-refractivity contribution in [3.05, 3.63) is 64.3 Å². The third-order valence-electron chi connectivity index (χ3n) is 6.67. The number of para-hydroxylation sites is 1. The molecule has 0 radical (unpaired) electrons. The Morgan fingerprint density at radius 1 is 1.05 bits per heavy atom. The summed E-state index contributed by atoms with van der Waals surface area (Å²) < 4.78 is 33.4. The topological polar surface area (TPSA) is 108 Å². The minimum Gasteiger partial charge on any atom is -0.455 e. The summed E-state index contributed by atoms with van der Waals surface area (Å²) in [4.78, 5) is 25.3. The van der Waals surface area contributed by atoms with Crippen LogP contribution in [0.25, 0.3) is 0 Å². The summed E-state index contributed by atoms with van der Waals surface area (Å²) >= 11 is 12.5. The Labute approximate surface area is 231 Å². The van der Waals surface area contributed by atoms with E-state index in [1.54, 1.807) is 42.5 Å². The van der Waals surface area contributed by atoms with Gasteiger partial charge in [0.1, 0.15) is 5.56 Å². The summed E-state index contributed by atoms with van der Waals surface area (Å²) in [6.45, 7) is 0.865. The lowest BCUT2D eigenvalue weighted by Gasteiger charge is -2.34. The van der Waals surface area contributed by atoms with Crippen LogP contribution < -0.4 is 15.0 Å². The van der Waals surface area contributed by atoms with Crippen molar-refractivity contribution >= 4 is 56.5 Å². The van der Waals surface area contributed by atoms with Crippen molar-refractivity contribution in [3.8, 4) is 5.88 Å². The van der Waals surface area contributed by atoms with E-state index in [9.17, 15) is 13.2 Å². The SMILES string of the molecule is CN(C)C1CCN(S(=O)(=O)c2ccc(Nc3ncc4c(n3)OCN(c3c(Cl)cccc3Cl)C4=O)cc2)CC1. The number of benzene rings is 2. The fraction of sp³-hybridized carbons (Fsp3) is 0.320. The van der Waals surface area contributed by atoms with E-state index >= 15 is 0 Å². The van der Waals surface area contributed by atoms with Gasteiger partial charge in [-0.25, -0.2) is 13.4 Å². The number of carbonyl (C=O) groups excluding carboxylic acids is 1. The number of anilines is 3. The maximum absolute atomic E-state index is 13.1. The second-order valence-corrected chi connectivity index (χ2v) is 12.0. The van der Waals surface area contributed by atoms with Crippen molar-refractivity contribution < 1.29 is 17.9 Å². The number of carbonyl (C=O) groups is 1. The zero-order valence-electron chi connectivity index (χ0n) is 20.8. The molecule has 1 saturated heterocycles. The fourth-order valence-electron chi connectivity index (χ4n) is 4.51. The second kappa shape index (κ2) is 10.7. The van der Waals surface area contributed by atoms with Crippen LogP contribution in [0.15, 0.2) is 53.6 Å². The monoisotopic (exact) mass is 576 g/mol. The van der Waals surface area contributed by atoms with Gasteiger partial charge in [-0.05, 0) is 63.3 Å². The summed E-state index contributed by atoms with van der Waals surface area (Å²) in [5.41, 5.74) is 1.10. The number of ether oxygens (including phenoxy) is 1. The third kappa shape index (κ3) is 5.16. The van der Waals surface area contributed by atoms with Crippen LogP contribution in [-0.4, -0.2) is 73.5 Å². The Morgan fingerprint density at radius 2 is 1.71 bits per heavy atom. The van der Waals surface area contributed by atoms with Crippen molar-refractivity contribution in [2.75, 3.05) is 44.1 Å². The van der Waals surface area contributed by atoms with Crippen LogP contribution in [0.5, 0.6) is 5.88 Å². The highest BCUT2D eigenvalue weighted by atomic mass is 35.5. The number of aromatic nitrogens is 2. The predicted molar refractivity (Wildman–Crippen MR) is 146 cm³/mol. The van der Waals surface area contributed by atoms with E-state index in [1.807, 2.05) is 14.1 Å². The average molecular weight is 577 g/mol. The van der Waals surface area contributed by atoms with Crippen molar-refractivity contribution in [1.29, 1.82) is 0 Å². The molecular formula is C25H26Cl2N6O4S. The molecule has 0 bridgehead atoms. The van der Waals surface area contributed by atoms with Gasteiger partial charge in [0, 0.05) is 31.0 Å². The molecule has 0 unspecified atom stereocenters. The van der Waals surface area contributed by atoms with Gasteiger partial charge >= 0.3 is 0 Å². The number of nitrogens with zero attached hydrogens (tertiary/aromatic N) is 5. The number of sulfonamides is 1.